The summed E-state index contributed by atoms with van der Waals surface area (Å²) in [6, 6.07) is 4.20. The van der Waals surface area contributed by atoms with E-state index in [4.69, 9.17) is 4.74 Å². The van der Waals surface area contributed by atoms with Crippen molar-refractivity contribution in [1.29, 1.82) is 0 Å². The van der Waals surface area contributed by atoms with Crippen LogP contribution < -0.4 is 10.1 Å². The number of nitrogens with one attached hydrogen (secondary N) is 1. The van der Waals surface area contributed by atoms with E-state index in [0.717, 1.165) is 37.1 Å². The zero-order chi connectivity index (χ0) is 12.8. The summed E-state index contributed by atoms with van der Waals surface area (Å²) in [6.07, 6.45) is 6.31. The third-order valence-corrected chi connectivity index (χ3v) is 3.66. The van der Waals surface area contributed by atoms with E-state index >= 15 is 0 Å². The van der Waals surface area contributed by atoms with Crippen LogP contribution in [-0.4, -0.2) is 18.6 Å². The number of pyridine rings is 1. The molecule has 1 saturated carbocycles. The van der Waals surface area contributed by atoms with Crippen LogP contribution in [-0.2, 0) is 13.0 Å². The number of aryl methyl sites for hydroxylation is 1. The first kappa shape index (κ1) is 13.3. The molecule has 0 radical (unpaired) electrons. The average Bonchev–Trinajstić information content (AvgIpc) is 2.32. The van der Waals surface area contributed by atoms with E-state index in [1.165, 1.54) is 31.2 Å². The lowest BCUT2D eigenvalue weighted by molar-refractivity contribution is 0.217. The van der Waals surface area contributed by atoms with E-state index < -0.39 is 0 Å². The zero-order valence-electron chi connectivity index (χ0n) is 11.5. The molecule has 0 unspecified atom stereocenters. The van der Waals surface area contributed by atoms with E-state index in [2.05, 4.69) is 29.4 Å². The van der Waals surface area contributed by atoms with Gasteiger partial charge >= 0.3 is 0 Å². The first-order valence-electron chi connectivity index (χ1n) is 7.09. The molecular formula is C15H24N2O. The minimum atomic E-state index is 0.791. The average molecular weight is 248 g/mol. The van der Waals surface area contributed by atoms with Crippen LogP contribution in [0.2, 0.25) is 0 Å². The molecule has 2 rings (SSSR count). The van der Waals surface area contributed by atoms with Crippen molar-refractivity contribution in [2.24, 2.45) is 5.92 Å². The molecule has 3 nitrogen and oxygen atoms in total. The topological polar surface area (TPSA) is 34.1 Å². The number of rotatable bonds is 7. The van der Waals surface area contributed by atoms with Crippen LogP contribution in [0.3, 0.4) is 0 Å². The maximum Gasteiger partial charge on any atom is 0.213 e. The van der Waals surface area contributed by atoms with Gasteiger partial charge in [-0.05, 0) is 37.4 Å². The fraction of sp³-hybridized carbons (Fsp3) is 0.667. The molecule has 1 aliphatic rings. The fourth-order valence-corrected chi connectivity index (χ4v) is 2.29. The monoisotopic (exact) mass is 248 g/mol. The Morgan fingerprint density at radius 2 is 2.22 bits per heavy atom. The Morgan fingerprint density at radius 3 is 2.83 bits per heavy atom. The third-order valence-electron chi connectivity index (χ3n) is 3.66. The van der Waals surface area contributed by atoms with Crippen LogP contribution in [0.4, 0.5) is 0 Å². The van der Waals surface area contributed by atoms with Gasteiger partial charge in [-0.2, -0.15) is 0 Å². The highest BCUT2D eigenvalue weighted by atomic mass is 16.5. The summed E-state index contributed by atoms with van der Waals surface area (Å²) in [5.74, 6) is 1.69. The SMILES string of the molecule is CCc1cc(CNC)cc(OCCC2CCC2)n1. The van der Waals surface area contributed by atoms with E-state index in [9.17, 15) is 0 Å². The van der Waals surface area contributed by atoms with Gasteiger partial charge in [-0.25, -0.2) is 4.98 Å². The first-order chi connectivity index (χ1) is 8.81. The largest absolute Gasteiger partial charge is 0.478 e. The number of nitrogens with zero attached hydrogens (tertiary/aromatic N) is 1. The van der Waals surface area contributed by atoms with Crippen LogP contribution in [0, 0.1) is 5.92 Å². The van der Waals surface area contributed by atoms with Crippen molar-refractivity contribution in [2.45, 2.75) is 45.6 Å². The Hall–Kier alpha value is -1.09. The molecule has 1 fully saturated rings. The van der Waals surface area contributed by atoms with Crippen molar-refractivity contribution in [3.8, 4) is 5.88 Å². The molecule has 18 heavy (non-hydrogen) atoms. The smallest absolute Gasteiger partial charge is 0.213 e. The quantitative estimate of drug-likeness (QED) is 0.805. The summed E-state index contributed by atoms with van der Waals surface area (Å²) in [6.45, 7) is 3.81. The summed E-state index contributed by atoms with van der Waals surface area (Å²) in [5.41, 5.74) is 2.37. The van der Waals surface area contributed by atoms with E-state index in [0.29, 0.717) is 0 Å². The van der Waals surface area contributed by atoms with Gasteiger partial charge in [0.15, 0.2) is 0 Å². The van der Waals surface area contributed by atoms with Gasteiger partial charge in [-0.1, -0.05) is 26.2 Å². The molecule has 0 aromatic carbocycles. The maximum absolute atomic E-state index is 5.80. The second-order valence-corrected chi connectivity index (χ2v) is 5.12. The minimum absolute atomic E-state index is 0.791. The van der Waals surface area contributed by atoms with Gasteiger partial charge in [0.05, 0.1) is 6.61 Å². The third kappa shape index (κ3) is 3.70. The van der Waals surface area contributed by atoms with E-state index in [-0.39, 0.29) is 0 Å². The lowest BCUT2D eigenvalue weighted by Gasteiger charge is -2.24. The number of hydrogen-bond acceptors (Lipinski definition) is 3. The Morgan fingerprint density at radius 1 is 1.39 bits per heavy atom. The number of aromatic nitrogens is 1. The Bertz CT molecular complexity index is 375. The van der Waals surface area contributed by atoms with Crippen LogP contribution >= 0.6 is 0 Å². The molecule has 0 atom stereocenters. The summed E-state index contributed by atoms with van der Waals surface area (Å²) >= 11 is 0. The van der Waals surface area contributed by atoms with Gasteiger partial charge in [0.25, 0.3) is 0 Å². The predicted octanol–water partition coefficient (Wildman–Crippen LogP) is 2.93. The van der Waals surface area contributed by atoms with Crippen molar-refractivity contribution >= 4 is 0 Å². The molecule has 1 aromatic heterocycles. The van der Waals surface area contributed by atoms with Crippen molar-refractivity contribution in [1.82, 2.24) is 10.3 Å². The van der Waals surface area contributed by atoms with Crippen LogP contribution in [0.5, 0.6) is 5.88 Å². The summed E-state index contributed by atoms with van der Waals surface area (Å²) < 4.78 is 5.80. The van der Waals surface area contributed by atoms with Gasteiger partial charge in [0.1, 0.15) is 0 Å². The highest BCUT2D eigenvalue weighted by Gasteiger charge is 2.17. The van der Waals surface area contributed by atoms with E-state index in [1.54, 1.807) is 0 Å². The number of ether oxygens (including phenoxy) is 1. The zero-order valence-corrected chi connectivity index (χ0v) is 11.5. The molecule has 0 bridgehead atoms. The number of hydrogen-bond donors (Lipinski definition) is 1. The lowest BCUT2D eigenvalue weighted by atomic mass is 9.83. The Balaban J connectivity index is 1.90. The minimum Gasteiger partial charge on any atom is -0.478 e. The first-order valence-corrected chi connectivity index (χ1v) is 7.09. The molecule has 0 spiro atoms. The Kier molecular flexibility index (Phi) is 5.00. The molecule has 0 saturated heterocycles. The van der Waals surface area contributed by atoms with Crippen molar-refractivity contribution in [3.63, 3.8) is 0 Å². The fourth-order valence-electron chi connectivity index (χ4n) is 2.29. The predicted molar refractivity (Wildman–Crippen MR) is 73.8 cm³/mol. The summed E-state index contributed by atoms with van der Waals surface area (Å²) in [4.78, 5) is 4.52. The molecule has 100 valence electrons. The van der Waals surface area contributed by atoms with Crippen LogP contribution in [0.1, 0.15) is 43.9 Å². The summed E-state index contributed by atoms with van der Waals surface area (Å²) in [7, 11) is 1.96. The van der Waals surface area contributed by atoms with Gasteiger partial charge < -0.3 is 10.1 Å². The lowest BCUT2D eigenvalue weighted by Crippen LogP contribution is -2.15. The summed E-state index contributed by atoms with van der Waals surface area (Å²) in [5, 5.41) is 3.17. The maximum atomic E-state index is 5.80. The van der Waals surface area contributed by atoms with Crippen LogP contribution in [0.25, 0.3) is 0 Å². The highest BCUT2D eigenvalue weighted by Crippen LogP contribution is 2.29. The molecule has 1 heterocycles. The van der Waals surface area contributed by atoms with Crippen LogP contribution in [0.15, 0.2) is 12.1 Å². The van der Waals surface area contributed by atoms with Gasteiger partial charge in [0, 0.05) is 18.3 Å². The molecule has 1 aromatic rings. The highest BCUT2D eigenvalue weighted by molar-refractivity contribution is 5.25. The van der Waals surface area contributed by atoms with E-state index in [1.807, 2.05) is 7.05 Å². The standard InChI is InChI=1S/C15H24N2O/c1-3-14-9-13(11-16-2)10-15(17-14)18-8-7-12-5-4-6-12/h9-10,12,16H,3-8,11H2,1-2H3. The van der Waals surface area contributed by atoms with Crippen molar-refractivity contribution in [2.75, 3.05) is 13.7 Å². The van der Waals surface area contributed by atoms with Crippen molar-refractivity contribution < 1.29 is 4.74 Å². The second-order valence-electron chi connectivity index (χ2n) is 5.12. The second kappa shape index (κ2) is 6.74. The Labute approximate surface area is 110 Å². The van der Waals surface area contributed by atoms with Gasteiger partial charge in [-0.3, -0.25) is 0 Å². The van der Waals surface area contributed by atoms with Gasteiger partial charge in [0.2, 0.25) is 5.88 Å². The molecule has 1 N–H and O–H groups in total. The van der Waals surface area contributed by atoms with Gasteiger partial charge in [-0.15, -0.1) is 0 Å². The molecule has 3 heteroatoms. The molecule has 0 amide bonds. The molecular weight excluding hydrogens is 224 g/mol. The normalized spacial score (nSPS) is 15.4. The molecule has 0 aliphatic heterocycles. The van der Waals surface area contributed by atoms with Crippen molar-refractivity contribution in [3.05, 3.63) is 23.4 Å². The molecule has 1 aliphatic carbocycles.